The van der Waals surface area contributed by atoms with Crippen molar-refractivity contribution in [3.63, 3.8) is 0 Å². The average Bonchev–Trinajstić information content (AvgIpc) is 2.85. The van der Waals surface area contributed by atoms with E-state index in [1.165, 1.54) is 0 Å². The molecular weight excluding hydrogens is 252 g/mol. The van der Waals surface area contributed by atoms with Gasteiger partial charge in [-0.15, -0.1) is 0 Å². The minimum absolute atomic E-state index is 0.233. The van der Waals surface area contributed by atoms with Gasteiger partial charge in [0, 0.05) is 31.9 Å². The Labute approximate surface area is 121 Å². The highest BCUT2D eigenvalue weighted by Crippen LogP contribution is 2.22. The van der Waals surface area contributed by atoms with E-state index in [-0.39, 0.29) is 5.78 Å². The van der Waals surface area contributed by atoms with Crippen LogP contribution in [0.25, 0.3) is 0 Å². The zero-order valence-corrected chi connectivity index (χ0v) is 12.9. The second kappa shape index (κ2) is 7.02. The molecule has 0 unspecified atom stereocenters. The molecular formula is C16H26N2O2. The number of rotatable bonds is 6. The average molecular weight is 278 g/mol. The molecule has 0 N–H and O–H groups in total. The summed E-state index contributed by atoms with van der Waals surface area (Å²) in [4.78, 5) is 12.2. The first kappa shape index (κ1) is 15.2. The van der Waals surface area contributed by atoms with Crippen molar-refractivity contribution in [2.75, 3.05) is 13.2 Å². The molecule has 1 aliphatic heterocycles. The van der Waals surface area contributed by atoms with Crippen molar-refractivity contribution in [1.82, 2.24) is 9.78 Å². The molecule has 1 aromatic rings. The Morgan fingerprint density at radius 1 is 1.25 bits per heavy atom. The van der Waals surface area contributed by atoms with Crippen molar-refractivity contribution in [2.24, 2.45) is 5.92 Å². The van der Waals surface area contributed by atoms with Gasteiger partial charge in [0.25, 0.3) is 0 Å². The molecule has 1 fully saturated rings. The van der Waals surface area contributed by atoms with Crippen molar-refractivity contribution in [3.8, 4) is 0 Å². The fraction of sp³-hybridized carbons (Fsp3) is 0.750. The topological polar surface area (TPSA) is 44.1 Å². The second-order valence-electron chi connectivity index (χ2n) is 5.49. The van der Waals surface area contributed by atoms with Crippen LogP contribution < -0.4 is 0 Å². The summed E-state index contributed by atoms with van der Waals surface area (Å²) in [5.74, 6) is 0.861. The van der Waals surface area contributed by atoms with Crippen molar-refractivity contribution >= 4 is 5.78 Å². The van der Waals surface area contributed by atoms with E-state index in [1.54, 1.807) is 0 Å². The molecule has 20 heavy (non-hydrogen) atoms. The summed E-state index contributed by atoms with van der Waals surface area (Å²) in [5.41, 5.74) is 2.99. The maximum absolute atomic E-state index is 12.2. The number of aromatic nitrogens is 2. The van der Waals surface area contributed by atoms with Crippen LogP contribution >= 0.6 is 0 Å². The largest absolute Gasteiger partial charge is 0.381 e. The van der Waals surface area contributed by atoms with Crippen LogP contribution in [0, 0.1) is 5.92 Å². The number of Topliss-reactive ketones (excluding diaryl/α,β-unsaturated/α-hetero) is 1. The van der Waals surface area contributed by atoms with Gasteiger partial charge in [-0.3, -0.25) is 9.48 Å². The van der Waals surface area contributed by atoms with Gasteiger partial charge in [0.1, 0.15) is 0 Å². The molecule has 1 aliphatic rings. The first-order valence-corrected chi connectivity index (χ1v) is 7.90. The van der Waals surface area contributed by atoms with Crippen molar-refractivity contribution in [1.29, 1.82) is 0 Å². The molecule has 2 rings (SSSR count). The molecule has 0 bridgehead atoms. The molecule has 0 saturated carbocycles. The standard InChI is InChI=1S/C16H26N2O2/c1-4-13-16(15(19)6-3)14(5-2)18(17-13)11-12-7-9-20-10-8-12/h12H,4-11H2,1-3H3. The van der Waals surface area contributed by atoms with E-state index in [2.05, 4.69) is 18.5 Å². The lowest BCUT2D eigenvalue weighted by Crippen LogP contribution is -2.22. The van der Waals surface area contributed by atoms with Crippen LogP contribution in [0.5, 0.6) is 0 Å². The predicted octanol–water partition coefficient (Wildman–Crippen LogP) is 3.03. The molecule has 0 radical (unpaired) electrons. The number of hydrogen-bond donors (Lipinski definition) is 0. The van der Waals surface area contributed by atoms with Gasteiger partial charge < -0.3 is 4.74 Å². The number of carbonyl (C=O) groups excluding carboxylic acids is 1. The fourth-order valence-corrected chi connectivity index (χ4v) is 2.98. The third-order valence-corrected chi connectivity index (χ3v) is 4.17. The highest BCUT2D eigenvalue weighted by Gasteiger charge is 2.23. The summed E-state index contributed by atoms with van der Waals surface area (Å²) in [5, 5.41) is 4.72. The first-order valence-electron chi connectivity index (χ1n) is 7.90. The predicted molar refractivity (Wildman–Crippen MR) is 79.1 cm³/mol. The minimum atomic E-state index is 0.233. The molecule has 4 heteroatoms. The molecule has 0 aromatic carbocycles. The van der Waals surface area contributed by atoms with Gasteiger partial charge in [0.15, 0.2) is 5.78 Å². The summed E-state index contributed by atoms with van der Waals surface area (Å²) in [6.45, 7) is 8.76. The van der Waals surface area contributed by atoms with E-state index in [0.29, 0.717) is 12.3 Å². The van der Waals surface area contributed by atoms with E-state index in [1.807, 2.05) is 6.92 Å². The molecule has 0 spiro atoms. The van der Waals surface area contributed by atoms with E-state index in [4.69, 9.17) is 9.84 Å². The SMILES string of the molecule is CCC(=O)c1c(CC)nn(CC2CCOCC2)c1CC. The van der Waals surface area contributed by atoms with Crippen LogP contribution in [0.3, 0.4) is 0 Å². The molecule has 0 aliphatic carbocycles. The van der Waals surface area contributed by atoms with Crippen LogP contribution in [0.15, 0.2) is 0 Å². The van der Waals surface area contributed by atoms with Gasteiger partial charge in [-0.2, -0.15) is 5.10 Å². The van der Waals surface area contributed by atoms with E-state index >= 15 is 0 Å². The molecule has 112 valence electrons. The highest BCUT2D eigenvalue weighted by atomic mass is 16.5. The Morgan fingerprint density at radius 3 is 2.50 bits per heavy atom. The number of aryl methyl sites for hydroxylation is 1. The van der Waals surface area contributed by atoms with Gasteiger partial charge in [-0.05, 0) is 31.6 Å². The maximum atomic E-state index is 12.2. The van der Waals surface area contributed by atoms with E-state index < -0.39 is 0 Å². The quantitative estimate of drug-likeness (QED) is 0.751. The number of hydrogen-bond acceptors (Lipinski definition) is 3. The van der Waals surface area contributed by atoms with Crippen LogP contribution in [-0.2, 0) is 24.1 Å². The summed E-state index contributed by atoms with van der Waals surface area (Å²) in [6, 6.07) is 0. The monoisotopic (exact) mass is 278 g/mol. The number of ketones is 1. The van der Waals surface area contributed by atoms with E-state index in [9.17, 15) is 4.79 Å². The summed E-state index contributed by atoms with van der Waals surface area (Å²) in [7, 11) is 0. The highest BCUT2D eigenvalue weighted by molar-refractivity contribution is 5.98. The lowest BCUT2D eigenvalue weighted by molar-refractivity contribution is 0.0598. The minimum Gasteiger partial charge on any atom is -0.381 e. The van der Waals surface area contributed by atoms with E-state index in [0.717, 1.165) is 62.4 Å². The fourth-order valence-electron chi connectivity index (χ4n) is 2.98. The summed E-state index contributed by atoms with van der Waals surface area (Å²) >= 11 is 0. The van der Waals surface area contributed by atoms with Crippen LogP contribution in [0.4, 0.5) is 0 Å². The Kier molecular flexibility index (Phi) is 5.35. The second-order valence-corrected chi connectivity index (χ2v) is 5.49. The lowest BCUT2D eigenvalue weighted by Gasteiger charge is -2.22. The number of nitrogens with zero attached hydrogens (tertiary/aromatic N) is 2. The Hall–Kier alpha value is -1.16. The first-order chi connectivity index (χ1) is 9.71. The van der Waals surface area contributed by atoms with Gasteiger partial charge in [-0.1, -0.05) is 20.8 Å². The van der Waals surface area contributed by atoms with Gasteiger partial charge >= 0.3 is 0 Å². The van der Waals surface area contributed by atoms with Crippen LogP contribution in [0.2, 0.25) is 0 Å². The smallest absolute Gasteiger partial charge is 0.166 e. The Bertz CT molecular complexity index is 459. The summed E-state index contributed by atoms with van der Waals surface area (Å²) < 4.78 is 7.51. The summed E-state index contributed by atoms with van der Waals surface area (Å²) in [6.07, 6.45) is 4.46. The molecule has 1 saturated heterocycles. The molecule has 0 atom stereocenters. The third-order valence-electron chi connectivity index (χ3n) is 4.17. The van der Waals surface area contributed by atoms with Gasteiger partial charge in [-0.25, -0.2) is 0 Å². The zero-order valence-electron chi connectivity index (χ0n) is 12.9. The van der Waals surface area contributed by atoms with Gasteiger partial charge in [0.2, 0.25) is 0 Å². The molecule has 1 aromatic heterocycles. The van der Waals surface area contributed by atoms with Gasteiger partial charge in [0.05, 0.1) is 11.3 Å². The Balaban J connectivity index is 2.27. The van der Waals surface area contributed by atoms with Crippen molar-refractivity contribution in [2.45, 2.75) is 59.4 Å². The molecule has 2 heterocycles. The van der Waals surface area contributed by atoms with Crippen LogP contribution in [0.1, 0.15) is 61.8 Å². The van der Waals surface area contributed by atoms with Crippen LogP contribution in [-0.4, -0.2) is 28.8 Å². The lowest BCUT2D eigenvalue weighted by atomic mass is 9.99. The van der Waals surface area contributed by atoms with Crippen molar-refractivity contribution < 1.29 is 9.53 Å². The maximum Gasteiger partial charge on any atom is 0.166 e. The molecule has 4 nitrogen and oxygen atoms in total. The third kappa shape index (κ3) is 3.11. The number of carbonyl (C=O) groups is 1. The number of ether oxygens (including phenoxy) is 1. The normalized spacial score (nSPS) is 16.6. The molecule has 0 amide bonds. The zero-order chi connectivity index (χ0) is 14.5. The van der Waals surface area contributed by atoms with Crippen molar-refractivity contribution in [3.05, 3.63) is 17.0 Å². The Morgan fingerprint density at radius 2 is 1.95 bits per heavy atom.